The quantitative estimate of drug-likeness (QED) is 0.596. The zero-order valence-electron chi connectivity index (χ0n) is 12.1. The summed E-state index contributed by atoms with van der Waals surface area (Å²) in [4.78, 5) is 11.8. The Hall–Kier alpha value is -1.96. The monoisotopic (exact) mass is 309 g/mol. The Kier molecular flexibility index (Phi) is 5.26. The van der Waals surface area contributed by atoms with Crippen molar-refractivity contribution in [3.63, 3.8) is 0 Å². The minimum atomic E-state index is -0.0384. The molecule has 0 radical (unpaired) electrons. The first-order chi connectivity index (χ1) is 10.1. The van der Waals surface area contributed by atoms with Crippen molar-refractivity contribution in [2.45, 2.75) is 37.9 Å². The van der Waals surface area contributed by atoms with Gasteiger partial charge in [-0.05, 0) is 25.5 Å². The first kappa shape index (κ1) is 15.4. The Morgan fingerprint density at radius 2 is 2.38 bits per heavy atom. The molecule has 0 saturated heterocycles. The number of rotatable bonds is 7. The molecular weight excluding hydrogens is 290 g/mol. The summed E-state index contributed by atoms with van der Waals surface area (Å²) in [6.07, 6.45) is 3.55. The van der Waals surface area contributed by atoms with E-state index in [4.69, 9.17) is 10.3 Å². The van der Waals surface area contributed by atoms with Crippen LogP contribution in [0.15, 0.2) is 28.0 Å². The van der Waals surface area contributed by atoms with Crippen molar-refractivity contribution in [1.29, 1.82) is 0 Å². The number of thioether (sulfide) groups is 1. The molecule has 0 unspecified atom stereocenters. The number of carbonyl (C=O) groups is 1. The molecule has 114 valence electrons. The van der Waals surface area contributed by atoms with Crippen molar-refractivity contribution in [3.8, 4) is 11.6 Å². The third-order valence-electron chi connectivity index (χ3n) is 2.87. The van der Waals surface area contributed by atoms with E-state index in [1.165, 1.54) is 16.4 Å². The van der Waals surface area contributed by atoms with Gasteiger partial charge in [0.15, 0.2) is 5.76 Å². The van der Waals surface area contributed by atoms with Gasteiger partial charge in [0.25, 0.3) is 0 Å². The highest BCUT2D eigenvalue weighted by molar-refractivity contribution is 7.99. The number of nitrogens with zero attached hydrogens (tertiary/aromatic N) is 3. The molecule has 21 heavy (non-hydrogen) atoms. The summed E-state index contributed by atoms with van der Waals surface area (Å²) >= 11 is 1.24. The van der Waals surface area contributed by atoms with Crippen molar-refractivity contribution in [2.24, 2.45) is 0 Å². The topological polar surface area (TPSA) is 99.0 Å². The second-order valence-corrected chi connectivity index (χ2v) is 5.64. The van der Waals surface area contributed by atoms with E-state index < -0.39 is 0 Å². The second kappa shape index (κ2) is 7.16. The molecule has 0 spiro atoms. The van der Waals surface area contributed by atoms with Crippen LogP contribution in [0.1, 0.15) is 26.7 Å². The van der Waals surface area contributed by atoms with Crippen LogP contribution in [0, 0.1) is 0 Å². The summed E-state index contributed by atoms with van der Waals surface area (Å²) in [5.41, 5.74) is 0. The molecule has 8 heteroatoms. The van der Waals surface area contributed by atoms with Gasteiger partial charge in [-0.25, -0.2) is 4.68 Å². The number of carbonyl (C=O) groups excluding carboxylic acids is 1. The summed E-state index contributed by atoms with van der Waals surface area (Å²) in [6, 6.07) is 3.68. The number of hydrogen-bond donors (Lipinski definition) is 2. The average Bonchev–Trinajstić information content (AvgIpc) is 3.06. The lowest BCUT2D eigenvalue weighted by Gasteiger charge is -2.12. The maximum Gasteiger partial charge on any atom is 0.230 e. The molecule has 0 aromatic carbocycles. The van der Waals surface area contributed by atoms with Gasteiger partial charge in [0.2, 0.25) is 16.9 Å². The van der Waals surface area contributed by atoms with Crippen LogP contribution in [0.5, 0.6) is 0 Å². The predicted molar refractivity (Wildman–Crippen MR) is 81.1 cm³/mol. The fourth-order valence-electron chi connectivity index (χ4n) is 1.90. The van der Waals surface area contributed by atoms with E-state index in [2.05, 4.69) is 22.4 Å². The minimum Gasteiger partial charge on any atom is -0.461 e. The molecule has 7 nitrogen and oxygen atoms in total. The Balaban J connectivity index is 1.91. The van der Waals surface area contributed by atoms with Gasteiger partial charge in [-0.3, -0.25) is 4.79 Å². The van der Waals surface area contributed by atoms with Gasteiger partial charge < -0.3 is 15.6 Å². The van der Waals surface area contributed by atoms with Crippen LogP contribution in [0.4, 0.5) is 0 Å². The van der Waals surface area contributed by atoms with Gasteiger partial charge in [0.1, 0.15) is 0 Å². The van der Waals surface area contributed by atoms with E-state index in [0.717, 1.165) is 12.8 Å². The third kappa shape index (κ3) is 4.01. The normalized spacial score (nSPS) is 12.3. The molecule has 2 aromatic rings. The molecule has 0 aliphatic heterocycles. The van der Waals surface area contributed by atoms with Crippen molar-refractivity contribution in [3.05, 3.63) is 18.4 Å². The van der Waals surface area contributed by atoms with Crippen molar-refractivity contribution in [2.75, 3.05) is 11.6 Å². The van der Waals surface area contributed by atoms with Gasteiger partial charge in [0, 0.05) is 6.04 Å². The first-order valence-electron chi connectivity index (χ1n) is 6.78. The molecule has 2 heterocycles. The molecule has 0 aliphatic carbocycles. The molecule has 3 N–H and O–H groups in total. The van der Waals surface area contributed by atoms with Crippen molar-refractivity contribution >= 4 is 17.7 Å². The number of nitrogens with two attached hydrogens (primary N) is 1. The SMILES string of the molecule is CCC[C@H](C)NC(=O)CSc1nnc(-c2ccco2)n1N. The lowest BCUT2D eigenvalue weighted by atomic mass is 10.2. The van der Waals surface area contributed by atoms with Crippen molar-refractivity contribution in [1.82, 2.24) is 20.2 Å². The number of hydrogen-bond acceptors (Lipinski definition) is 6. The number of nitrogen functional groups attached to an aromatic ring is 1. The average molecular weight is 309 g/mol. The minimum absolute atomic E-state index is 0.0384. The summed E-state index contributed by atoms with van der Waals surface area (Å²) in [7, 11) is 0. The van der Waals surface area contributed by atoms with E-state index in [-0.39, 0.29) is 17.7 Å². The van der Waals surface area contributed by atoms with Gasteiger partial charge in [-0.1, -0.05) is 25.1 Å². The molecule has 1 amide bonds. The molecule has 2 rings (SSSR count). The number of amides is 1. The third-order valence-corrected chi connectivity index (χ3v) is 3.81. The van der Waals surface area contributed by atoms with Crippen LogP contribution in [-0.2, 0) is 4.79 Å². The van der Waals surface area contributed by atoms with Gasteiger partial charge in [-0.15, -0.1) is 10.2 Å². The zero-order valence-corrected chi connectivity index (χ0v) is 12.9. The summed E-state index contributed by atoms with van der Waals surface area (Å²) in [5.74, 6) is 7.09. The standard InChI is InChI=1S/C13H19N5O2S/c1-3-5-9(2)15-11(19)8-21-13-17-16-12(18(13)14)10-6-4-7-20-10/h4,6-7,9H,3,5,8,14H2,1-2H3,(H,15,19)/t9-/m0/s1. The smallest absolute Gasteiger partial charge is 0.230 e. The number of furan rings is 1. The fourth-order valence-corrected chi connectivity index (χ4v) is 2.57. The van der Waals surface area contributed by atoms with Crippen LogP contribution in [0.2, 0.25) is 0 Å². The lowest BCUT2D eigenvalue weighted by Crippen LogP contribution is -2.33. The van der Waals surface area contributed by atoms with Crippen LogP contribution in [0.3, 0.4) is 0 Å². The number of aromatic nitrogens is 3. The van der Waals surface area contributed by atoms with Gasteiger partial charge in [-0.2, -0.15) is 0 Å². The summed E-state index contributed by atoms with van der Waals surface area (Å²) in [6.45, 7) is 4.08. The second-order valence-electron chi connectivity index (χ2n) is 4.70. The van der Waals surface area contributed by atoms with Crippen LogP contribution >= 0.6 is 11.8 Å². The zero-order chi connectivity index (χ0) is 15.2. The molecule has 1 atom stereocenters. The van der Waals surface area contributed by atoms with Crippen molar-refractivity contribution < 1.29 is 9.21 Å². The maximum absolute atomic E-state index is 11.8. The number of nitrogens with one attached hydrogen (secondary N) is 1. The molecular formula is C13H19N5O2S. The van der Waals surface area contributed by atoms with Crippen LogP contribution in [0.25, 0.3) is 11.6 Å². The van der Waals surface area contributed by atoms with Gasteiger partial charge >= 0.3 is 0 Å². The van der Waals surface area contributed by atoms with E-state index in [0.29, 0.717) is 16.7 Å². The largest absolute Gasteiger partial charge is 0.461 e. The first-order valence-corrected chi connectivity index (χ1v) is 7.77. The summed E-state index contributed by atoms with van der Waals surface area (Å²) < 4.78 is 6.55. The highest BCUT2D eigenvalue weighted by atomic mass is 32.2. The Morgan fingerprint density at radius 3 is 3.05 bits per heavy atom. The van der Waals surface area contributed by atoms with E-state index in [1.54, 1.807) is 18.4 Å². The highest BCUT2D eigenvalue weighted by Crippen LogP contribution is 2.21. The highest BCUT2D eigenvalue weighted by Gasteiger charge is 2.15. The molecule has 0 fully saturated rings. The Bertz CT molecular complexity index is 581. The lowest BCUT2D eigenvalue weighted by molar-refractivity contribution is -0.119. The molecule has 0 saturated carbocycles. The summed E-state index contributed by atoms with van der Waals surface area (Å²) in [5, 5.41) is 11.3. The van der Waals surface area contributed by atoms with E-state index >= 15 is 0 Å². The Labute approximate surface area is 127 Å². The van der Waals surface area contributed by atoms with Gasteiger partial charge in [0.05, 0.1) is 12.0 Å². The van der Waals surface area contributed by atoms with E-state index in [9.17, 15) is 4.79 Å². The molecule has 0 aliphatic rings. The maximum atomic E-state index is 11.8. The molecule has 0 bridgehead atoms. The molecule has 2 aromatic heterocycles. The predicted octanol–water partition coefficient (Wildman–Crippen LogP) is 1.65. The Morgan fingerprint density at radius 1 is 1.57 bits per heavy atom. The van der Waals surface area contributed by atoms with E-state index in [1.807, 2.05) is 6.92 Å². The van der Waals surface area contributed by atoms with Crippen LogP contribution in [-0.4, -0.2) is 32.6 Å². The fraction of sp³-hybridized carbons (Fsp3) is 0.462. The van der Waals surface area contributed by atoms with Crippen LogP contribution < -0.4 is 11.2 Å².